The van der Waals surface area contributed by atoms with Gasteiger partial charge in [0.2, 0.25) is 5.91 Å². The number of nitrogens with zero attached hydrogens (tertiary/aromatic N) is 1. The Morgan fingerprint density at radius 3 is 2.50 bits per heavy atom. The summed E-state index contributed by atoms with van der Waals surface area (Å²) in [5.41, 5.74) is 2.36. The molecule has 1 amide bonds. The van der Waals surface area contributed by atoms with Gasteiger partial charge in [0.05, 0.1) is 14.2 Å². The molecule has 0 saturated carbocycles. The molecule has 1 atom stereocenters. The zero-order valence-electron chi connectivity index (χ0n) is 13.9. The summed E-state index contributed by atoms with van der Waals surface area (Å²) in [5, 5.41) is 0. The van der Waals surface area contributed by atoms with Crippen molar-refractivity contribution in [2.45, 2.75) is 12.3 Å². The molecule has 2 aromatic carbocycles. The van der Waals surface area contributed by atoms with E-state index in [-0.39, 0.29) is 18.1 Å². The van der Waals surface area contributed by atoms with E-state index in [0.717, 1.165) is 16.8 Å². The quantitative estimate of drug-likeness (QED) is 0.793. The van der Waals surface area contributed by atoms with Gasteiger partial charge in [-0.15, -0.1) is 0 Å². The van der Waals surface area contributed by atoms with Crippen molar-refractivity contribution in [2.24, 2.45) is 0 Å². The Balaban J connectivity index is 1.87. The molecule has 0 N–H and O–H groups in total. The summed E-state index contributed by atoms with van der Waals surface area (Å²) in [5.74, 6) is 0.138. The molecule has 0 fully saturated rings. The molecule has 5 heteroatoms. The Kier molecular flexibility index (Phi) is 4.25. The zero-order chi connectivity index (χ0) is 17.3. The van der Waals surface area contributed by atoms with Crippen LogP contribution in [0.2, 0.25) is 0 Å². The Bertz CT molecular complexity index is 800. The average Bonchev–Trinajstić information content (AvgIpc) is 2.86. The topological polar surface area (TPSA) is 55.8 Å². The highest BCUT2D eigenvalue weighted by atomic mass is 16.5. The third-order valence-corrected chi connectivity index (χ3v) is 4.33. The van der Waals surface area contributed by atoms with E-state index in [1.54, 1.807) is 38.3 Å². The number of ether oxygens (including phenoxy) is 2. The van der Waals surface area contributed by atoms with Crippen molar-refractivity contribution in [2.75, 3.05) is 26.2 Å². The van der Waals surface area contributed by atoms with E-state index in [9.17, 15) is 9.59 Å². The fraction of sp³-hybridized carbons (Fsp3) is 0.263. The lowest BCUT2D eigenvalue weighted by molar-refractivity contribution is -0.127. The van der Waals surface area contributed by atoms with Crippen LogP contribution in [0.1, 0.15) is 17.0 Å². The van der Waals surface area contributed by atoms with Gasteiger partial charge in [-0.2, -0.15) is 0 Å². The highest BCUT2D eigenvalue weighted by Crippen LogP contribution is 2.37. The Hall–Kier alpha value is -2.82. The van der Waals surface area contributed by atoms with Crippen LogP contribution in [-0.4, -0.2) is 33.0 Å². The third-order valence-electron chi connectivity index (χ3n) is 4.33. The van der Waals surface area contributed by atoms with Gasteiger partial charge < -0.3 is 14.4 Å². The Morgan fingerprint density at radius 1 is 1.08 bits per heavy atom. The van der Waals surface area contributed by atoms with Gasteiger partial charge in [-0.3, -0.25) is 9.59 Å². The average molecular weight is 325 g/mol. The highest BCUT2D eigenvalue weighted by molar-refractivity contribution is 6.18. The summed E-state index contributed by atoms with van der Waals surface area (Å²) >= 11 is 0. The predicted molar refractivity (Wildman–Crippen MR) is 90.9 cm³/mol. The number of benzene rings is 2. The molecule has 24 heavy (non-hydrogen) atoms. The molecular weight excluding hydrogens is 306 g/mol. The van der Waals surface area contributed by atoms with Crippen LogP contribution in [0, 0.1) is 0 Å². The van der Waals surface area contributed by atoms with Crippen LogP contribution in [-0.2, 0) is 16.0 Å². The van der Waals surface area contributed by atoms with Gasteiger partial charge in [0.15, 0.2) is 17.3 Å². The van der Waals surface area contributed by atoms with Crippen molar-refractivity contribution < 1.29 is 19.1 Å². The molecule has 0 aliphatic carbocycles. The first-order chi connectivity index (χ1) is 11.6. The van der Waals surface area contributed by atoms with Crippen LogP contribution in [0.3, 0.4) is 0 Å². The number of rotatable bonds is 5. The number of Topliss-reactive ketones (excluding diaryl/α,β-unsaturated/α-hetero) is 1. The van der Waals surface area contributed by atoms with E-state index >= 15 is 0 Å². The standard InChI is InChI=1S/C19H19NO4/c1-20-14-7-5-4-6-13(14)18(19(20)22)15(21)10-12-8-9-16(23-2)17(11-12)24-3/h4-9,11,18H,10H2,1-3H3/t18-/m1/s1. The number of ketones is 1. The van der Waals surface area contributed by atoms with Gasteiger partial charge in [-0.05, 0) is 29.3 Å². The van der Waals surface area contributed by atoms with E-state index in [0.29, 0.717) is 11.5 Å². The van der Waals surface area contributed by atoms with Gasteiger partial charge >= 0.3 is 0 Å². The second-order valence-electron chi connectivity index (χ2n) is 5.72. The number of carbonyl (C=O) groups excluding carboxylic acids is 2. The van der Waals surface area contributed by atoms with Crippen molar-refractivity contribution in [1.29, 1.82) is 0 Å². The summed E-state index contributed by atoms with van der Waals surface area (Å²) in [4.78, 5) is 26.8. The molecule has 0 bridgehead atoms. The van der Waals surface area contributed by atoms with Gasteiger partial charge in [-0.1, -0.05) is 24.3 Å². The third kappa shape index (κ3) is 2.62. The highest BCUT2D eigenvalue weighted by Gasteiger charge is 2.39. The van der Waals surface area contributed by atoms with Crippen molar-refractivity contribution in [3.05, 3.63) is 53.6 Å². The molecule has 0 saturated heterocycles. The number of hydrogen-bond donors (Lipinski definition) is 0. The molecule has 1 heterocycles. The number of hydrogen-bond acceptors (Lipinski definition) is 4. The fourth-order valence-electron chi connectivity index (χ4n) is 3.09. The molecular formula is C19H19NO4. The number of methoxy groups -OCH3 is 2. The molecule has 0 spiro atoms. The molecule has 5 nitrogen and oxygen atoms in total. The number of amides is 1. The summed E-state index contributed by atoms with van der Waals surface area (Å²) in [6, 6.07) is 12.8. The molecule has 2 aromatic rings. The van der Waals surface area contributed by atoms with E-state index in [2.05, 4.69) is 0 Å². The van der Waals surface area contributed by atoms with Crippen LogP contribution in [0.4, 0.5) is 5.69 Å². The van der Waals surface area contributed by atoms with Crippen LogP contribution in [0.25, 0.3) is 0 Å². The first-order valence-corrected chi connectivity index (χ1v) is 7.67. The van der Waals surface area contributed by atoms with E-state index in [1.807, 2.05) is 30.3 Å². The van der Waals surface area contributed by atoms with Gasteiger partial charge in [0.25, 0.3) is 0 Å². The maximum absolute atomic E-state index is 12.8. The molecule has 1 aliphatic heterocycles. The lowest BCUT2D eigenvalue weighted by Crippen LogP contribution is -2.28. The summed E-state index contributed by atoms with van der Waals surface area (Å²) < 4.78 is 10.5. The summed E-state index contributed by atoms with van der Waals surface area (Å²) in [7, 11) is 4.81. The maximum atomic E-state index is 12.8. The van der Waals surface area contributed by atoms with Crippen LogP contribution in [0.15, 0.2) is 42.5 Å². The maximum Gasteiger partial charge on any atom is 0.241 e. The lowest BCUT2D eigenvalue weighted by atomic mass is 9.92. The SMILES string of the molecule is COc1ccc(CC(=O)[C@@H]2C(=O)N(C)c3ccccc32)cc1OC. The number of likely N-dealkylation sites (N-methyl/N-ethyl adjacent to an activating group) is 1. The first-order valence-electron chi connectivity index (χ1n) is 7.67. The minimum absolute atomic E-state index is 0.121. The largest absolute Gasteiger partial charge is 0.493 e. The zero-order valence-corrected chi connectivity index (χ0v) is 13.9. The van der Waals surface area contributed by atoms with Crippen LogP contribution in [0.5, 0.6) is 11.5 Å². The molecule has 3 rings (SSSR count). The predicted octanol–water partition coefficient (Wildman–Crippen LogP) is 2.58. The van der Waals surface area contributed by atoms with Gasteiger partial charge in [0.1, 0.15) is 5.92 Å². The van der Waals surface area contributed by atoms with Crippen molar-refractivity contribution in [3.63, 3.8) is 0 Å². The van der Waals surface area contributed by atoms with Crippen LogP contribution < -0.4 is 14.4 Å². The molecule has 124 valence electrons. The second-order valence-corrected chi connectivity index (χ2v) is 5.72. The van der Waals surface area contributed by atoms with Gasteiger partial charge in [0, 0.05) is 19.2 Å². The van der Waals surface area contributed by atoms with Crippen LogP contribution >= 0.6 is 0 Å². The van der Waals surface area contributed by atoms with Crippen molar-refractivity contribution >= 4 is 17.4 Å². The fourth-order valence-corrected chi connectivity index (χ4v) is 3.09. The monoisotopic (exact) mass is 325 g/mol. The molecule has 0 radical (unpaired) electrons. The van der Waals surface area contributed by atoms with Gasteiger partial charge in [-0.25, -0.2) is 0 Å². The summed E-state index contributed by atoms with van der Waals surface area (Å²) in [6.45, 7) is 0. The van der Waals surface area contributed by atoms with Crippen molar-refractivity contribution in [1.82, 2.24) is 0 Å². The Morgan fingerprint density at radius 2 is 1.79 bits per heavy atom. The Labute approximate surface area is 140 Å². The van der Waals surface area contributed by atoms with E-state index < -0.39 is 5.92 Å². The minimum Gasteiger partial charge on any atom is -0.493 e. The normalized spacial score (nSPS) is 16.0. The lowest BCUT2D eigenvalue weighted by Gasteiger charge is -2.12. The molecule has 0 unspecified atom stereocenters. The van der Waals surface area contributed by atoms with E-state index in [1.165, 1.54) is 0 Å². The van der Waals surface area contributed by atoms with Crippen molar-refractivity contribution in [3.8, 4) is 11.5 Å². The second kappa shape index (κ2) is 6.35. The molecule has 1 aliphatic rings. The number of anilines is 1. The smallest absolute Gasteiger partial charge is 0.241 e. The minimum atomic E-state index is -0.737. The first kappa shape index (κ1) is 16.1. The number of para-hydroxylation sites is 1. The summed E-state index contributed by atoms with van der Waals surface area (Å²) in [6.07, 6.45) is 0.166. The molecule has 0 aromatic heterocycles. The number of carbonyl (C=O) groups is 2. The number of fused-ring (bicyclic) bond motifs is 1. The van der Waals surface area contributed by atoms with E-state index in [4.69, 9.17) is 9.47 Å².